The molecule has 2 aromatic rings. The van der Waals surface area contributed by atoms with Crippen molar-refractivity contribution < 1.29 is 4.39 Å². The van der Waals surface area contributed by atoms with Crippen LogP contribution in [0.3, 0.4) is 0 Å². The van der Waals surface area contributed by atoms with Crippen LogP contribution in [0, 0.1) is 5.82 Å². The molecule has 18 heavy (non-hydrogen) atoms. The molecular formula is C13H11ClFN3. The van der Waals surface area contributed by atoms with Crippen LogP contribution in [0.2, 0.25) is 0 Å². The number of fused-ring (bicyclic) bond motifs is 1. The summed E-state index contributed by atoms with van der Waals surface area (Å²) in [6.07, 6.45) is 4.29. The number of hydrogen-bond acceptors (Lipinski definition) is 3. The van der Waals surface area contributed by atoms with Crippen LogP contribution in [-0.2, 0) is 12.3 Å². The topological polar surface area (TPSA) is 29.0 Å². The summed E-state index contributed by atoms with van der Waals surface area (Å²) in [6, 6.07) is 4.83. The molecule has 1 aliphatic rings. The molecule has 0 N–H and O–H groups in total. The van der Waals surface area contributed by atoms with Gasteiger partial charge in [-0.1, -0.05) is 6.07 Å². The first kappa shape index (κ1) is 11.4. The smallest absolute Gasteiger partial charge is 0.229 e. The minimum Gasteiger partial charge on any atom is -0.310 e. The van der Waals surface area contributed by atoms with E-state index in [1.165, 1.54) is 12.1 Å². The Hall–Kier alpha value is -1.68. The molecule has 0 amide bonds. The molecule has 92 valence electrons. The molecule has 0 fully saturated rings. The average Bonchev–Trinajstić information content (AvgIpc) is 2.82. The Morgan fingerprint density at radius 3 is 2.78 bits per heavy atom. The number of anilines is 2. The van der Waals surface area contributed by atoms with Gasteiger partial charge in [0.15, 0.2) is 0 Å². The summed E-state index contributed by atoms with van der Waals surface area (Å²) in [5.41, 5.74) is 2.86. The quantitative estimate of drug-likeness (QED) is 0.780. The maximum atomic E-state index is 13.3. The van der Waals surface area contributed by atoms with Crippen molar-refractivity contribution in [2.45, 2.75) is 12.3 Å². The molecule has 3 rings (SSSR count). The van der Waals surface area contributed by atoms with Crippen molar-refractivity contribution >= 4 is 23.2 Å². The monoisotopic (exact) mass is 263 g/mol. The van der Waals surface area contributed by atoms with E-state index in [9.17, 15) is 4.39 Å². The van der Waals surface area contributed by atoms with E-state index in [0.717, 1.165) is 29.8 Å². The predicted molar refractivity (Wildman–Crippen MR) is 68.7 cm³/mol. The number of benzene rings is 1. The first-order valence-corrected chi connectivity index (χ1v) is 6.24. The van der Waals surface area contributed by atoms with Gasteiger partial charge in [0.25, 0.3) is 0 Å². The van der Waals surface area contributed by atoms with Gasteiger partial charge in [0.2, 0.25) is 5.95 Å². The van der Waals surface area contributed by atoms with Crippen molar-refractivity contribution in [1.82, 2.24) is 9.97 Å². The lowest BCUT2D eigenvalue weighted by Gasteiger charge is -2.16. The minimum absolute atomic E-state index is 0.238. The summed E-state index contributed by atoms with van der Waals surface area (Å²) in [6.45, 7) is 0.777. The van der Waals surface area contributed by atoms with E-state index in [1.54, 1.807) is 12.4 Å². The first-order chi connectivity index (χ1) is 8.78. The number of hydrogen-bond donors (Lipinski definition) is 0. The number of halogens is 2. The second-order valence-electron chi connectivity index (χ2n) is 4.20. The molecule has 5 heteroatoms. The average molecular weight is 264 g/mol. The normalized spacial score (nSPS) is 13.8. The molecule has 1 aliphatic heterocycles. The van der Waals surface area contributed by atoms with Gasteiger partial charge < -0.3 is 4.90 Å². The molecule has 2 heterocycles. The van der Waals surface area contributed by atoms with E-state index >= 15 is 0 Å². The standard InChI is InChI=1S/C13H11ClFN3/c14-6-9-7-16-13(17-8-9)18-4-3-10-1-2-11(15)5-12(10)18/h1-2,5,7-8H,3-4,6H2. The minimum atomic E-state index is -0.238. The molecule has 1 aromatic heterocycles. The number of aromatic nitrogens is 2. The summed E-state index contributed by atoms with van der Waals surface area (Å²) in [5, 5.41) is 0. The van der Waals surface area contributed by atoms with Crippen molar-refractivity contribution in [3.8, 4) is 0 Å². The highest BCUT2D eigenvalue weighted by Gasteiger charge is 2.22. The summed E-state index contributed by atoms with van der Waals surface area (Å²) in [7, 11) is 0. The van der Waals surface area contributed by atoms with Gasteiger partial charge in [-0.2, -0.15) is 0 Å². The third kappa shape index (κ3) is 1.93. The van der Waals surface area contributed by atoms with Crippen LogP contribution in [-0.4, -0.2) is 16.5 Å². The highest BCUT2D eigenvalue weighted by atomic mass is 35.5. The SMILES string of the molecule is Fc1ccc2c(c1)N(c1ncc(CCl)cn1)CC2. The largest absolute Gasteiger partial charge is 0.310 e. The molecule has 0 saturated carbocycles. The molecule has 1 aromatic carbocycles. The lowest BCUT2D eigenvalue weighted by atomic mass is 10.2. The third-order valence-electron chi connectivity index (χ3n) is 3.03. The van der Waals surface area contributed by atoms with Crippen molar-refractivity contribution in [2.75, 3.05) is 11.4 Å². The van der Waals surface area contributed by atoms with Gasteiger partial charge in [0, 0.05) is 24.5 Å². The lowest BCUT2D eigenvalue weighted by Crippen LogP contribution is -2.16. The van der Waals surface area contributed by atoms with Crippen molar-refractivity contribution in [2.24, 2.45) is 0 Å². The molecule has 3 nitrogen and oxygen atoms in total. The van der Waals surface area contributed by atoms with Gasteiger partial charge in [-0.25, -0.2) is 14.4 Å². The van der Waals surface area contributed by atoms with E-state index in [4.69, 9.17) is 11.6 Å². The molecule has 0 unspecified atom stereocenters. The van der Waals surface area contributed by atoms with Crippen LogP contribution in [0.5, 0.6) is 0 Å². The summed E-state index contributed by atoms with van der Waals surface area (Å²) >= 11 is 5.70. The Morgan fingerprint density at radius 2 is 2.06 bits per heavy atom. The fraction of sp³-hybridized carbons (Fsp3) is 0.231. The summed E-state index contributed by atoms with van der Waals surface area (Å²) in [5.74, 6) is 0.747. The zero-order valence-electron chi connectivity index (χ0n) is 9.61. The molecule has 0 spiro atoms. The highest BCUT2D eigenvalue weighted by Crippen LogP contribution is 2.32. The second-order valence-corrected chi connectivity index (χ2v) is 4.47. The van der Waals surface area contributed by atoms with E-state index in [0.29, 0.717) is 11.8 Å². The summed E-state index contributed by atoms with van der Waals surface area (Å²) in [4.78, 5) is 10.5. The van der Waals surface area contributed by atoms with Crippen LogP contribution in [0.1, 0.15) is 11.1 Å². The highest BCUT2D eigenvalue weighted by molar-refractivity contribution is 6.17. The van der Waals surface area contributed by atoms with Gasteiger partial charge in [-0.3, -0.25) is 0 Å². The van der Waals surface area contributed by atoms with Gasteiger partial charge in [0.1, 0.15) is 5.82 Å². The van der Waals surface area contributed by atoms with Crippen LogP contribution in [0.4, 0.5) is 16.0 Å². The third-order valence-corrected chi connectivity index (χ3v) is 3.34. The number of alkyl halides is 1. The molecule has 0 bridgehead atoms. The Balaban J connectivity index is 1.97. The zero-order chi connectivity index (χ0) is 12.5. The number of rotatable bonds is 2. The first-order valence-electron chi connectivity index (χ1n) is 5.71. The van der Waals surface area contributed by atoms with Crippen molar-refractivity contribution in [1.29, 1.82) is 0 Å². The van der Waals surface area contributed by atoms with E-state index in [-0.39, 0.29) is 5.82 Å². The van der Waals surface area contributed by atoms with Crippen LogP contribution in [0.25, 0.3) is 0 Å². The molecular weight excluding hydrogens is 253 g/mol. The Kier molecular flexibility index (Phi) is 2.88. The van der Waals surface area contributed by atoms with Crippen molar-refractivity contribution in [3.05, 3.63) is 47.5 Å². The maximum absolute atomic E-state index is 13.3. The van der Waals surface area contributed by atoms with Crippen LogP contribution < -0.4 is 4.90 Å². The van der Waals surface area contributed by atoms with E-state index in [1.807, 2.05) is 11.0 Å². The van der Waals surface area contributed by atoms with Gasteiger partial charge in [-0.05, 0) is 24.1 Å². The van der Waals surface area contributed by atoms with Crippen LogP contribution in [0.15, 0.2) is 30.6 Å². The Bertz CT molecular complexity index is 571. The zero-order valence-corrected chi connectivity index (χ0v) is 10.4. The maximum Gasteiger partial charge on any atom is 0.229 e. The van der Waals surface area contributed by atoms with Gasteiger partial charge >= 0.3 is 0 Å². The predicted octanol–water partition coefficient (Wildman–Crippen LogP) is 3.05. The molecule has 0 radical (unpaired) electrons. The second kappa shape index (κ2) is 4.53. The lowest BCUT2D eigenvalue weighted by molar-refractivity contribution is 0.628. The van der Waals surface area contributed by atoms with Gasteiger partial charge in [-0.15, -0.1) is 11.6 Å². The van der Waals surface area contributed by atoms with E-state index < -0.39 is 0 Å². The van der Waals surface area contributed by atoms with E-state index in [2.05, 4.69) is 9.97 Å². The molecule has 0 atom stereocenters. The molecule has 0 aliphatic carbocycles. The fourth-order valence-corrected chi connectivity index (χ4v) is 2.25. The van der Waals surface area contributed by atoms with Crippen LogP contribution >= 0.6 is 11.6 Å². The van der Waals surface area contributed by atoms with Crippen molar-refractivity contribution in [3.63, 3.8) is 0 Å². The Morgan fingerprint density at radius 1 is 1.28 bits per heavy atom. The summed E-state index contributed by atoms with van der Waals surface area (Å²) < 4.78 is 13.3. The fourth-order valence-electron chi connectivity index (χ4n) is 2.12. The molecule has 0 saturated heterocycles. The number of nitrogens with zero attached hydrogens (tertiary/aromatic N) is 3. The Labute approximate surface area is 109 Å². The van der Waals surface area contributed by atoms with Gasteiger partial charge in [0.05, 0.1) is 11.6 Å².